The second-order valence-electron chi connectivity index (χ2n) is 4.90. The molecule has 0 amide bonds. The number of nitrogens with one attached hydrogen (secondary N) is 1. The number of hydrogen-bond donors (Lipinski definition) is 1. The van der Waals surface area contributed by atoms with Gasteiger partial charge in [-0.2, -0.15) is 4.68 Å². The number of thioether (sulfide) groups is 1. The molecular weight excluding hydrogens is 318 g/mol. The number of rotatable bonds is 6. The van der Waals surface area contributed by atoms with E-state index in [1.807, 2.05) is 60.7 Å². The number of benzene rings is 2. The van der Waals surface area contributed by atoms with E-state index in [1.165, 1.54) is 0 Å². The van der Waals surface area contributed by atoms with Gasteiger partial charge in [0.1, 0.15) is 0 Å². The highest BCUT2D eigenvalue weighted by Crippen LogP contribution is 2.16. The van der Waals surface area contributed by atoms with E-state index in [1.54, 1.807) is 16.4 Å². The first-order chi connectivity index (χ1) is 11.9. The highest BCUT2D eigenvalue weighted by molar-refractivity contribution is 7.99. The summed E-state index contributed by atoms with van der Waals surface area (Å²) in [6.45, 7) is 1.51. The van der Waals surface area contributed by atoms with Crippen LogP contribution in [0.2, 0.25) is 0 Å². The van der Waals surface area contributed by atoms with E-state index < -0.39 is 0 Å². The third kappa shape index (κ3) is 4.69. The minimum Gasteiger partial charge on any atom is -0.305 e. The molecule has 0 fully saturated rings. The maximum Gasteiger partial charge on any atom is 0.214 e. The lowest BCUT2D eigenvalue weighted by Crippen LogP contribution is -2.17. The smallest absolute Gasteiger partial charge is 0.214 e. The Balaban J connectivity index is 1.42. The van der Waals surface area contributed by atoms with E-state index in [4.69, 9.17) is 0 Å². The van der Waals surface area contributed by atoms with Crippen LogP contribution in [0.4, 0.5) is 0 Å². The number of nitrogens with zero attached hydrogens (tertiary/aromatic N) is 4. The lowest BCUT2D eigenvalue weighted by molar-refractivity contribution is 0.754. The summed E-state index contributed by atoms with van der Waals surface area (Å²) in [6, 6.07) is 19.9. The Kier molecular flexibility index (Phi) is 6.00. The molecule has 24 heavy (non-hydrogen) atoms. The van der Waals surface area contributed by atoms with Crippen molar-refractivity contribution in [1.82, 2.24) is 25.5 Å². The molecule has 0 atom stereocenters. The molecular formula is C18H17N5S. The molecule has 2 aromatic carbocycles. The van der Waals surface area contributed by atoms with E-state index in [0.717, 1.165) is 28.7 Å². The van der Waals surface area contributed by atoms with Crippen LogP contribution in [0.25, 0.3) is 5.69 Å². The number of hydrogen-bond acceptors (Lipinski definition) is 5. The summed E-state index contributed by atoms with van der Waals surface area (Å²) in [5, 5.41) is 16.0. The summed E-state index contributed by atoms with van der Waals surface area (Å²) >= 11 is 1.62. The average Bonchev–Trinajstić information content (AvgIpc) is 3.11. The lowest BCUT2D eigenvalue weighted by Gasteiger charge is -2.03. The van der Waals surface area contributed by atoms with Crippen LogP contribution in [0.5, 0.6) is 0 Å². The molecule has 0 aliphatic rings. The van der Waals surface area contributed by atoms with Crippen LogP contribution in [0.1, 0.15) is 5.56 Å². The normalized spacial score (nSPS) is 10.2. The quantitative estimate of drug-likeness (QED) is 0.426. The van der Waals surface area contributed by atoms with Crippen LogP contribution in [-0.4, -0.2) is 39.0 Å². The first kappa shape index (κ1) is 16.2. The van der Waals surface area contributed by atoms with Crippen molar-refractivity contribution in [2.45, 2.75) is 5.16 Å². The Morgan fingerprint density at radius 2 is 1.75 bits per heavy atom. The Morgan fingerprint density at radius 1 is 1.00 bits per heavy atom. The predicted molar refractivity (Wildman–Crippen MR) is 96.1 cm³/mol. The van der Waals surface area contributed by atoms with Crippen molar-refractivity contribution >= 4 is 11.8 Å². The zero-order chi connectivity index (χ0) is 16.5. The van der Waals surface area contributed by atoms with Gasteiger partial charge in [0, 0.05) is 17.9 Å². The molecule has 3 aromatic rings. The molecule has 1 heterocycles. The largest absolute Gasteiger partial charge is 0.305 e. The Morgan fingerprint density at radius 3 is 2.54 bits per heavy atom. The summed E-state index contributed by atoms with van der Waals surface area (Å²) in [5.74, 6) is 7.12. The molecule has 0 unspecified atom stereocenters. The molecule has 1 aromatic heterocycles. The molecule has 0 bridgehead atoms. The summed E-state index contributed by atoms with van der Waals surface area (Å²) in [5.41, 5.74) is 2.00. The van der Waals surface area contributed by atoms with Gasteiger partial charge in [0.05, 0.1) is 12.2 Å². The fraction of sp³-hybridized carbons (Fsp3) is 0.167. The highest BCUT2D eigenvalue weighted by atomic mass is 32.2. The fourth-order valence-corrected chi connectivity index (χ4v) is 2.82. The van der Waals surface area contributed by atoms with Gasteiger partial charge >= 0.3 is 0 Å². The van der Waals surface area contributed by atoms with E-state index >= 15 is 0 Å². The fourth-order valence-electron chi connectivity index (χ4n) is 2.03. The Hall–Kier alpha value is -2.62. The summed E-state index contributed by atoms with van der Waals surface area (Å²) in [4.78, 5) is 0. The van der Waals surface area contributed by atoms with Crippen LogP contribution >= 0.6 is 11.8 Å². The molecule has 0 aliphatic heterocycles. The summed E-state index contributed by atoms with van der Waals surface area (Å²) < 4.78 is 1.75. The van der Waals surface area contributed by atoms with Crippen LogP contribution in [0, 0.1) is 11.8 Å². The van der Waals surface area contributed by atoms with Crippen molar-refractivity contribution in [3.8, 4) is 17.5 Å². The van der Waals surface area contributed by atoms with Crippen LogP contribution in [0.15, 0.2) is 65.8 Å². The summed E-state index contributed by atoms with van der Waals surface area (Å²) in [7, 11) is 0. The van der Waals surface area contributed by atoms with E-state index in [2.05, 4.69) is 32.7 Å². The molecule has 120 valence electrons. The first-order valence-electron chi connectivity index (χ1n) is 7.65. The van der Waals surface area contributed by atoms with Crippen LogP contribution < -0.4 is 5.32 Å². The minimum atomic E-state index is 0.666. The van der Waals surface area contributed by atoms with Crippen molar-refractivity contribution in [2.24, 2.45) is 0 Å². The average molecular weight is 335 g/mol. The van der Waals surface area contributed by atoms with Gasteiger partial charge in [0.2, 0.25) is 5.16 Å². The maximum atomic E-state index is 4.08. The third-order valence-corrected chi connectivity index (χ3v) is 4.09. The molecule has 6 heteroatoms. The SMILES string of the molecule is C(#Cc1ccccc1)CNCCSc1nnnn1-c1ccccc1. The molecule has 3 rings (SSSR count). The molecule has 1 N–H and O–H groups in total. The molecule has 0 aliphatic carbocycles. The van der Waals surface area contributed by atoms with Crippen molar-refractivity contribution in [1.29, 1.82) is 0 Å². The van der Waals surface area contributed by atoms with Gasteiger partial charge in [0.25, 0.3) is 0 Å². The topological polar surface area (TPSA) is 55.6 Å². The predicted octanol–water partition coefficient (Wildman–Crippen LogP) is 2.40. The van der Waals surface area contributed by atoms with Crippen LogP contribution in [-0.2, 0) is 0 Å². The van der Waals surface area contributed by atoms with Crippen LogP contribution in [0.3, 0.4) is 0 Å². The van der Waals surface area contributed by atoms with Crippen molar-refractivity contribution in [2.75, 3.05) is 18.8 Å². The number of tetrazole rings is 1. The number of aromatic nitrogens is 4. The van der Waals surface area contributed by atoms with Gasteiger partial charge in [-0.05, 0) is 34.7 Å². The number of para-hydroxylation sites is 1. The molecule has 0 radical (unpaired) electrons. The lowest BCUT2D eigenvalue weighted by atomic mass is 10.2. The van der Waals surface area contributed by atoms with Gasteiger partial charge in [-0.15, -0.1) is 5.10 Å². The summed E-state index contributed by atoms with van der Waals surface area (Å²) in [6.07, 6.45) is 0. The van der Waals surface area contributed by atoms with Gasteiger partial charge in [-0.25, -0.2) is 0 Å². The third-order valence-electron chi connectivity index (χ3n) is 3.17. The van der Waals surface area contributed by atoms with Gasteiger partial charge < -0.3 is 5.32 Å². The van der Waals surface area contributed by atoms with Gasteiger partial charge in [-0.1, -0.05) is 60.0 Å². The monoisotopic (exact) mass is 335 g/mol. The zero-order valence-corrected chi connectivity index (χ0v) is 13.9. The second-order valence-corrected chi connectivity index (χ2v) is 5.96. The highest BCUT2D eigenvalue weighted by Gasteiger charge is 2.07. The Bertz CT molecular complexity index is 805. The molecule has 0 saturated heterocycles. The molecule has 5 nitrogen and oxygen atoms in total. The second kappa shape index (κ2) is 8.87. The molecule has 0 spiro atoms. The van der Waals surface area contributed by atoms with E-state index in [0.29, 0.717) is 6.54 Å². The standard InChI is InChI=1S/C18H17N5S/c1-3-8-16(9-4-1)10-7-13-19-14-15-24-18-20-21-22-23(18)17-11-5-2-6-12-17/h1-6,8-9,11-12,19H,13-15H2. The zero-order valence-electron chi connectivity index (χ0n) is 13.1. The van der Waals surface area contributed by atoms with Crippen molar-refractivity contribution in [3.63, 3.8) is 0 Å². The van der Waals surface area contributed by atoms with E-state index in [-0.39, 0.29) is 0 Å². The first-order valence-corrected chi connectivity index (χ1v) is 8.63. The van der Waals surface area contributed by atoms with Crippen molar-refractivity contribution < 1.29 is 0 Å². The molecule has 0 saturated carbocycles. The minimum absolute atomic E-state index is 0.666. The van der Waals surface area contributed by atoms with Crippen molar-refractivity contribution in [3.05, 3.63) is 66.2 Å². The maximum absolute atomic E-state index is 4.08. The van der Waals surface area contributed by atoms with Gasteiger partial charge in [0.15, 0.2) is 0 Å². The van der Waals surface area contributed by atoms with E-state index in [9.17, 15) is 0 Å². The Labute approximate surface area is 145 Å². The van der Waals surface area contributed by atoms with Gasteiger partial charge in [-0.3, -0.25) is 0 Å².